The van der Waals surface area contributed by atoms with E-state index in [2.05, 4.69) is 20.8 Å². The Morgan fingerprint density at radius 1 is 0.974 bits per heavy atom. The van der Waals surface area contributed by atoms with Crippen LogP contribution in [0, 0.1) is 6.92 Å². The van der Waals surface area contributed by atoms with E-state index in [-0.39, 0.29) is 16.7 Å². The fourth-order valence-corrected chi connectivity index (χ4v) is 4.88. The van der Waals surface area contributed by atoms with Gasteiger partial charge in [0, 0.05) is 25.8 Å². The lowest BCUT2D eigenvalue weighted by molar-refractivity contribution is -0.140. The summed E-state index contributed by atoms with van der Waals surface area (Å²) in [7, 11) is 1.60. The first-order valence-corrected chi connectivity index (χ1v) is 13.3. The molecule has 6 heteroatoms. The van der Waals surface area contributed by atoms with Gasteiger partial charge in [0.2, 0.25) is 0 Å². The maximum Gasteiger partial charge on any atom is 0.295 e. The second-order valence-corrected chi connectivity index (χ2v) is 11.0. The number of rotatable bonds is 9. The fourth-order valence-electron chi connectivity index (χ4n) is 4.88. The Kier molecular flexibility index (Phi) is 8.56. The summed E-state index contributed by atoms with van der Waals surface area (Å²) in [5, 5.41) is 11.5. The SMILES string of the molecule is COCCCN1C(=O)C(=O)/C(=C(/O)c2ccc(OCc3ccccc3)cc2C)C1c1ccc(C(C)(C)C)cc1. The van der Waals surface area contributed by atoms with E-state index in [1.54, 1.807) is 24.1 Å². The molecule has 6 nitrogen and oxygen atoms in total. The summed E-state index contributed by atoms with van der Waals surface area (Å²) in [6.07, 6.45) is 0.576. The minimum Gasteiger partial charge on any atom is -0.507 e. The van der Waals surface area contributed by atoms with Crippen LogP contribution in [0.25, 0.3) is 5.76 Å². The zero-order valence-corrected chi connectivity index (χ0v) is 23.4. The molecule has 1 unspecified atom stereocenters. The molecule has 1 heterocycles. The molecule has 1 saturated heterocycles. The lowest BCUT2D eigenvalue weighted by Crippen LogP contribution is -2.31. The van der Waals surface area contributed by atoms with E-state index >= 15 is 0 Å². The first-order chi connectivity index (χ1) is 18.6. The van der Waals surface area contributed by atoms with E-state index in [1.165, 1.54) is 0 Å². The third kappa shape index (κ3) is 6.23. The van der Waals surface area contributed by atoms with Crippen molar-refractivity contribution in [1.29, 1.82) is 0 Å². The monoisotopic (exact) mass is 527 g/mol. The number of hydrogen-bond donors (Lipinski definition) is 1. The largest absolute Gasteiger partial charge is 0.507 e. The van der Waals surface area contributed by atoms with E-state index in [0.717, 1.165) is 22.3 Å². The van der Waals surface area contributed by atoms with Crippen LogP contribution in [0.4, 0.5) is 0 Å². The molecule has 204 valence electrons. The zero-order valence-electron chi connectivity index (χ0n) is 23.4. The van der Waals surface area contributed by atoms with Gasteiger partial charge in [-0.1, -0.05) is 75.4 Å². The van der Waals surface area contributed by atoms with Crippen molar-refractivity contribution in [1.82, 2.24) is 4.90 Å². The molecular weight excluding hydrogens is 490 g/mol. The van der Waals surface area contributed by atoms with Gasteiger partial charge in [0.15, 0.2) is 0 Å². The number of aliphatic hydroxyl groups is 1. The highest BCUT2D eigenvalue weighted by molar-refractivity contribution is 6.46. The van der Waals surface area contributed by atoms with Gasteiger partial charge in [-0.25, -0.2) is 0 Å². The number of likely N-dealkylation sites (tertiary alicyclic amines) is 1. The molecule has 0 aliphatic carbocycles. The number of ketones is 1. The third-order valence-electron chi connectivity index (χ3n) is 7.08. The molecule has 39 heavy (non-hydrogen) atoms. The Balaban J connectivity index is 1.71. The summed E-state index contributed by atoms with van der Waals surface area (Å²) in [6.45, 7) is 9.47. The predicted molar refractivity (Wildman–Crippen MR) is 153 cm³/mol. The summed E-state index contributed by atoms with van der Waals surface area (Å²) in [5.74, 6) is -0.821. The maximum absolute atomic E-state index is 13.3. The number of benzene rings is 3. The topological polar surface area (TPSA) is 76.1 Å². The Hall–Kier alpha value is -3.90. The number of aryl methyl sites for hydroxylation is 1. The van der Waals surface area contributed by atoms with Crippen molar-refractivity contribution in [2.24, 2.45) is 0 Å². The van der Waals surface area contributed by atoms with Crippen LogP contribution in [0.2, 0.25) is 0 Å². The Labute approximate surface area is 230 Å². The molecule has 1 aliphatic rings. The molecule has 0 spiro atoms. The predicted octanol–water partition coefficient (Wildman–Crippen LogP) is 6.33. The van der Waals surface area contributed by atoms with Gasteiger partial charge in [0.25, 0.3) is 11.7 Å². The highest BCUT2D eigenvalue weighted by atomic mass is 16.5. The molecule has 0 radical (unpaired) electrons. The van der Waals surface area contributed by atoms with E-state index in [1.807, 2.05) is 67.6 Å². The Bertz CT molecular complexity index is 1350. The number of nitrogens with zero attached hydrogens (tertiary/aromatic N) is 1. The van der Waals surface area contributed by atoms with Crippen molar-refractivity contribution in [2.75, 3.05) is 20.3 Å². The minimum atomic E-state index is -0.690. The van der Waals surface area contributed by atoms with E-state index < -0.39 is 17.7 Å². The summed E-state index contributed by atoms with van der Waals surface area (Å²) in [6, 6.07) is 22.5. The number of Topliss-reactive ketones (excluding diaryl/α,β-unsaturated/α-hetero) is 1. The van der Waals surface area contributed by atoms with Gasteiger partial charge in [0.05, 0.1) is 11.6 Å². The van der Waals surface area contributed by atoms with E-state index in [9.17, 15) is 14.7 Å². The lowest BCUT2D eigenvalue weighted by atomic mass is 9.85. The van der Waals surface area contributed by atoms with Gasteiger partial charge in [-0.05, 0) is 59.2 Å². The van der Waals surface area contributed by atoms with Gasteiger partial charge >= 0.3 is 0 Å². The second kappa shape index (κ2) is 11.9. The van der Waals surface area contributed by atoms with Crippen LogP contribution in [0.15, 0.2) is 78.4 Å². The van der Waals surface area contributed by atoms with Crippen molar-refractivity contribution < 1.29 is 24.2 Å². The first kappa shape index (κ1) is 28.1. The van der Waals surface area contributed by atoms with Gasteiger partial charge in [-0.2, -0.15) is 0 Å². The highest BCUT2D eigenvalue weighted by Crippen LogP contribution is 2.40. The highest BCUT2D eigenvalue weighted by Gasteiger charge is 2.46. The van der Waals surface area contributed by atoms with Crippen molar-refractivity contribution in [3.63, 3.8) is 0 Å². The maximum atomic E-state index is 13.3. The van der Waals surface area contributed by atoms with Crippen LogP contribution in [-0.2, 0) is 26.3 Å². The summed E-state index contributed by atoms with van der Waals surface area (Å²) in [4.78, 5) is 28.1. The molecular formula is C33H37NO5. The van der Waals surface area contributed by atoms with Crippen LogP contribution < -0.4 is 4.74 Å². The molecule has 0 saturated carbocycles. The molecule has 1 N–H and O–H groups in total. The molecule has 0 aromatic heterocycles. The zero-order chi connectivity index (χ0) is 28.2. The average Bonchev–Trinajstić information content (AvgIpc) is 3.17. The van der Waals surface area contributed by atoms with Gasteiger partial charge in [0.1, 0.15) is 18.1 Å². The van der Waals surface area contributed by atoms with Gasteiger partial charge in [-0.3, -0.25) is 9.59 Å². The van der Waals surface area contributed by atoms with Crippen LogP contribution in [0.5, 0.6) is 5.75 Å². The second-order valence-electron chi connectivity index (χ2n) is 11.0. The summed E-state index contributed by atoms with van der Waals surface area (Å²) < 4.78 is 11.1. The molecule has 3 aromatic rings. The Morgan fingerprint density at radius 3 is 2.28 bits per heavy atom. The van der Waals surface area contributed by atoms with Gasteiger partial charge in [-0.15, -0.1) is 0 Å². The smallest absolute Gasteiger partial charge is 0.295 e. The number of aliphatic hydroxyl groups excluding tert-OH is 1. The molecule has 1 amide bonds. The Morgan fingerprint density at radius 2 is 1.67 bits per heavy atom. The number of methoxy groups -OCH3 is 1. The fraction of sp³-hybridized carbons (Fsp3) is 0.333. The summed E-state index contributed by atoms with van der Waals surface area (Å²) in [5.41, 5.74) is 4.26. The molecule has 0 bridgehead atoms. The van der Waals surface area contributed by atoms with E-state index in [0.29, 0.717) is 37.5 Å². The molecule has 1 atom stereocenters. The van der Waals surface area contributed by atoms with Crippen molar-refractivity contribution in [3.8, 4) is 5.75 Å². The van der Waals surface area contributed by atoms with E-state index in [4.69, 9.17) is 9.47 Å². The first-order valence-electron chi connectivity index (χ1n) is 13.3. The number of carbonyl (C=O) groups excluding carboxylic acids is 2. The van der Waals surface area contributed by atoms with Crippen molar-refractivity contribution in [2.45, 2.75) is 52.2 Å². The normalized spacial score (nSPS) is 17.1. The number of carbonyl (C=O) groups is 2. The molecule has 1 fully saturated rings. The third-order valence-corrected chi connectivity index (χ3v) is 7.08. The lowest BCUT2D eigenvalue weighted by Gasteiger charge is -2.26. The van der Waals surface area contributed by atoms with Crippen LogP contribution in [0.1, 0.15) is 61.1 Å². The van der Waals surface area contributed by atoms with Crippen LogP contribution in [0.3, 0.4) is 0 Å². The number of ether oxygens (including phenoxy) is 2. The standard InChI is InChI=1S/C33H37NO5/c1-22-20-26(39-21-23-10-7-6-8-11-23)16-17-27(22)30(35)28-29(24-12-14-25(15-13-24)33(2,3)4)34(18-9-19-38-5)32(37)31(28)36/h6-8,10-17,20,29,35H,9,18-19,21H2,1-5H3/b30-28+. The molecule has 1 aliphatic heterocycles. The van der Waals surface area contributed by atoms with Crippen LogP contribution in [-0.4, -0.2) is 42.0 Å². The van der Waals surface area contributed by atoms with Gasteiger partial charge < -0.3 is 19.5 Å². The minimum absolute atomic E-state index is 0.0414. The number of amides is 1. The quantitative estimate of drug-likeness (QED) is 0.152. The van der Waals surface area contributed by atoms with Crippen molar-refractivity contribution >= 4 is 17.4 Å². The molecule has 4 rings (SSSR count). The van der Waals surface area contributed by atoms with Crippen molar-refractivity contribution in [3.05, 3.63) is 106 Å². The average molecular weight is 528 g/mol. The molecule has 3 aromatic carbocycles. The van der Waals surface area contributed by atoms with Crippen LogP contribution >= 0.6 is 0 Å². The number of hydrogen-bond acceptors (Lipinski definition) is 5. The summed E-state index contributed by atoms with van der Waals surface area (Å²) >= 11 is 0.